The standard InChI is InChI=1S/C9H11N3O/c10-12-11-9(6-7-13)8-4-2-1-3-5-8/h1-5,9,13H,6-7H2. The fourth-order valence-electron chi connectivity index (χ4n) is 1.15. The summed E-state index contributed by atoms with van der Waals surface area (Å²) in [5.41, 5.74) is 9.24. The van der Waals surface area contributed by atoms with Crippen LogP contribution in [0, 0.1) is 0 Å². The Labute approximate surface area is 76.5 Å². The molecule has 4 nitrogen and oxygen atoms in total. The van der Waals surface area contributed by atoms with Crippen LogP contribution in [0.4, 0.5) is 0 Å². The Balaban J connectivity index is 2.81. The Morgan fingerprint density at radius 2 is 2.08 bits per heavy atom. The molecule has 4 heteroatoms. The maximum absolute atomic E-state index is 8.74. The lowest BCUT2D eigenvalue weighted by atomic mass is 10.1. The zero-order valence-corrected chi connectivity index (χ0v) is 7.17. The van der Waals surface area contributed by atoms with E-state index in [1.807, 2.05) is 30.3 Å². The molecule has 1 aromatic carbocycles. The van der Waals surface area contributed by atoms with Crippen LogP contribution in [0.3, 0.4) is 0 Å². The SMILES string of the molecule is [N-]=[N+]=NC(CCO)c1ccccc1. The number of aliphatic hydroxyl groups is 1. The van der Waals surface area contributed by atoms with Crippen LogP contribution >= 0.6 is 0 Å². The average Bonchev–Trinajstić information content (AvgIpc) is 2.19. The normalized spacial score (nSPS) is 11.8. The molecule has 68 valence electrons. The van der Waals surface area contributed by atoms with Gasteiger partial charge in [0.05, 0.1) is 6.04 Å². The molecule has 0 aromatic heterocycles. The maximum Gasteiger partial charge on any atom is 0.0647 e. The molecule has 0 saturated carbocycles. The van der Waals surface area contributed by atoms with Crippen molar-refractivity contribution in [3.63, 3.8) is 0 Å². The van der Waals surface area contributed by atoms with Crippen LogP contribution in [0.25, 0.3) is 10.4 Å². The van der Waals surface area contributed by atoms with E-state index in [2.05, 4.69) is 10.0 Å². The zero-order valence-electron chi connectivity index (χ0n) is 7.17. The van der Waals surface area contributed by atoms with Crippen molar-refractivity contribution < 1.29 is 5.11 Å². The van der Waals surface area contributed by atoms with Crippen LogP contribution in [0.15, 0.2) is 35.4 Å². The van der Waals surface area contributed by atoms with Crippen LogP contribution in [0.2, 0.25) is 0 Å². The van der Waals surface area contributed by atoms with Crippen molar-refractivity contribution in [2.45, 2.75) is 12.5 Å². The minimum absolute atomic E-state index is 0.0264. The lowest BCUT2D eigenvalue weighted by Crippen LogP contribution is -1.97. The minimum atomic E-state index is -0.254. The lowest BCUT2D eigenvalue weighted by Gasteiger charge is -2.08. The number of hydrogen-bond acceptors (Lipinski definition) is 2. The second kappa shape index (κ2) is 5.19. The first-order chi connectivity index (χ1) is 6.38. The van der Waals surface area contributed by atoms with Gasteiger partial charge < -0.3 is 5.11 Å². The molecule has 0 amide bonds. The molecule has 0 heterocycles. The summed E-state index contributed by atoms with van der Waals surface area (Å²) in [7, 11) is 0. The monoisotopic (exact) mass is 177 g/mol. The molecule has 0 aliphatic rings. The number of rotatable bonds is 4. The van der Waals surface area contributed by atoms with Crippen molar-refractivity contribution in [3.8, 4) is 0 Å². The minimum Gasteiger partial charge on any atom is -0.396 e. The van der Waals surface area contributed by atoms with Gasteiger partial charge in [-0.1, -0.05) is 35.4 Å². The van der Waals surface area contributed by atoms with Crippen molar-refractivity contribution >= 4 is 0 Å². The van der Waals surface area contributed by atoms with Gasteiger partial charge in [0, 0.05) is 11.5 Å². The van der Waals surface area contributed by atoms with Gasteiger partial charge in [-0.05, 0) is 17.5 Å². The van der Waals surface area contributed by atoms with Crippen molar-refractivity contribution in [2.24, 2.45) is 5.11 Å². The molecule has 0 aliphatic carbocycles. The lowest BCUT2D eigenvalue weighted by molar-refractivity contribution is 0.276. The first kappa shape index (κ1) is 9.58. The smallest absolute Gasteiger partial charge is 0.0647 e. The van der Waals surface area contributed by atoms with Crippen LogP contribution in [0.5, 0.6) is 0 Å². The Bertz CT molecular complexity index is 293. The van der Waals surface area contributed by atoms with Gasteiger partial charge in [0.2, 0.25) is 0 Å². The molecule has 1 atom stereocenters. The van der Waals surface area contributed by atoms with Gasteiger partial charge in [-0.25, -0.2) is 0 Å². The van der Waals surface area contributed by atoms with E-state index in [1.54, 1.807) is 0 Å². The van der Waals surface area contributed by atoms with E-state index in [0.717, 1.165) is 5.56 Å². The first-order valence-electron chi connectivity index (χ1n) is 4.08. The van der Waals surface area contributed by atoms with E-state index < -0.39 is 0 Å². The summed E-state index contributed by atoms with van der Waals surface area (Å²) in [6.07, 6.45) is 0.466. The van der Waals surface area contributed by atoms with Gasteiger partial charge >= 0.3 is 0 Å². The quantitative estimate of drug-likeness (QED) is 0.428. The molecule has 0 radical (unpaired) electrons. The molecule has 13 heavy (non-hydrogen) atoms. The van der Waals surface area contributed by atoms with Gasteiger partial charge in [0.1, 0.15) is 0 Å². The second-order valence-corrected chi connectivity index (χ2v) is 2.64. The third kappa shape index (κ3) is 2.78. The number of aliphatic hydroxyl groups excluding tert-OH is 1. The second-order valence-electron chi connectivity index (χ2n) is 2.64. The molecule has 1 aromatic rings. The summed E-state index contributed by atoms with van der Waals surface area (Å²) in [6, 6.07) is 9.18. The van der Waals surface area contributed by atoms with Gasteiger partial charge in [-0.2, -0.15) is 0 Å². The summed E-state index contributed by atoms with van der Waals surface area (Å²) in [5.74, 6) is 0. The molecule has 0 saturated heterocycles. The summed E-state index contributed by atoms with van der Waals surface area (Å²) in [5, 5.41) is 12.3. The predicted octanol–water partition coefficient (Wildman–Crippen LogP) is 2.42. The molecular weight excluding hydrogens is 166 g/mol. The molecule has 0 fully saturated rings. The Morgan fingerprint density at radius 3 is 2.62 bits per heavy atom. The first-order valence-corrected chi connectivity index (χ1v) is 4.08. The fourth-order valence-corrected chi connectivity index (χ4v) is 1.15. The van der Waals surface area contributed by atoms with Crippen LogP contribution < -0.4 is 0 Å². The van der Waals surface area contributed by atoms with Crippen molar-refractivity contribution in [1.29, 1.82) is 0 Å². The zero-order chi connectivity index (χ0) is 9.52. The highest BCUT2D eigenvalue weighted by Crippen LogP contribution is 2.20. The summed E-state index contributed by atoms with van der Waals surface area (Å²) < 4.78 is 0. The Hall–Kier alpha value is -1.51. The topological polar surface area (TPSA) is 69.0 Å². The highest BCUT2D eigenvalue weighted by molar-refractivity contribution is 5.18. The van der Waals surface area contributed by atoms with Crippen LogP contribution in [0.1, 0.15) is 18.0 Å². The van der Waals surface area contributed by atoms with Gasteiger partial charge in [-0.15, -0.1) is 0 Å². The summed E-state index contributed by atoms with van der Waals surface area (Å²) >= 11 is 0. The predicted molar refractivity (Wildman–Crippen MR) is 50.0 cm³/mol. The van der Waals surface area contributed by atoms with E-state index in [4.69, 9.17) is 10.6 Å². The Kier molecular flexibility index (Phi) is 3.82. The Morgan fingerprint density at radius 1 is 1.38 bits per heavy atom. The van der Waals surface area contributed by atoms with Crippen molar-refractivity contribution in [2.75, 3.05) is 6.61 Å². The summed E-state index contributed by atoms with van der Waals surface area (Å²) in [4.78, 5) is 2.74. The molecule has 0 spiro atoms. The summed E-state index contributed by atoms with van der Waals surface area (Å²) in [6.45, 7) is 0.0264. The maximum atomic E-state index is 8.74. The van der Waals surface area contributed by atoms with E-state index in [0.29, 0.717) is 6.42 Å². The van der Waals surface area contributed by atoms with Gasteiger partial charge in [0.25, 0.3) is 0 Å². The largest absolute Gasteiger partial charge is 0.396 e. The van der Waals surface area contributed by atoms with Crippen molar-refractivity contribution in [3.05, 3.63) is 46.3 Å². The van der Waals surface area contributed by atoms with Gasteiger partial charge in [0.15, 0.2) is 0 Å². The van der Waals surface area contributed by atoms with Crippen molar-refractivity contribution in [1.82, 2.24) is 0 Å². The molecule has 0 bridgehead atoms. The molecular formula is C9H11N3O. The molecule has 0 aliphatic heterocycles. The fraction of sp³-hybridized carbons (Fsp3) is 0.333. The number of benzene rings is 1. The van der Waals surface area contributed by atoms with E-state index in [-0.39, 0.29) is 12.6 Å². The molecule has 1 rings (SSSR count). The van der Waals surface area contributed by atoms with E-state index in [1.165, 1.54) is 0 Å². The van der Waals surface area contributed by atoms with Crippen LogP contribution in [-0.2, 0) is 0 Å². The average molecular weight is 177 g/mol. The molecule has 1 N–H and O–H groups in total. The third-order valence-corrected chi connectivity index (χ3v) is 1.78. The van der Waals surface area contributed by atoms with E-state index in [9.17, 15) is 0 Å². The highest BCUT2D eigenvalue weighted by Gasteiger charge is 2.06. The third-order valence-electron chi connectivity index (χ3n) is 1.78. The van der Waals surface area contributed by atoms with Crippen LogP contribution in [-0.4, -0.2) is 11.7 Å². The number of azide groups is 1. The number of nitrogens with zero attached hydrogens (tertiary/aromatic N) is 3. The van der Waals surface area contributed by atoms with Gasteiger partial charge in [-0.3, -0.25) is 0 Å². The van der Waals surface area contributed by atoms with E-state index >= 15 is 0 Å². The number of hydrogen-bond donors (Lipinski definition) is 1. The molecule has 1 unspecified atom stereocenters. The highest BCUT2D eigenvalue weighted by atomic mass is 16.3.